The second-order valence-electron chi connectivity index (χ2n) is 5.85. The lowest BCUT2D eigenvalue weighted by Gasteiger charge is -2.21. The minimum absolute atomic E-state index is 0.103. The van der Waals surface area contributed by atoms with E-state index in [1.165, 1.54) is 0 Å². The van der Waals surface area contributed by atoms with E-state index in [-0.39, 0.29) is 5.54 Å². The predicted octanol–water partition coefficient (Wildman–Crippen LogP) is 5.05. The third-order valence-electron chi connectivity index (χ3n) is 2.53. The summed E-state index contributed by atoms with van der Waals surface area (Å²) in [6, 6.07) is 7.23. The minimum Gasteiger partial charge on any atom is -0.350 e. The summed E-state index contributed by atoms with van der Waals surface area (Å²) >= 11 is 11.9. The molecule has 0 unspecified atom stereocenters. The zero-order valence-corrected chi connectivity index (χ0v) is 14.0. The van der Waals surface area contributed by atoms with E-state index < -0.39 is 0 Å². The first-order chi connectivity index (χ1) is 9.73. The van der Waals surface area contributed by atoms with Crippen LogP contribution < -0.4 is 10.6 Å². The molecule has 0 radical (unpaired) electrons. The fourth-order valence-corrected chi connectivity index (χ4v) is 2.04. The quantitative estimate of drug-likeness (QED) is 0.829. The Kier molecular flexibility index (Phi) is 4.59. The average molecular weight is 325 g/mol. The van der Waals surface area contributed by atoms with Gasteiger partial charge in [-0.25, -0.2) is 4.98 Å². The third kappa shape index (κ3) is 4.76. The van der Waals surface area contributed by atoms with Gasteiger partial charge < -0.3 is 10.6 Å². The highest BCUT2D eigenvalue weighted by Crippen LogP contribution is 2.27. The van der Waals surface area contributed by atoms with Crippen molar-refractivity contribution in [3.8, 4) is 0 Å². The van der Waals surface area contributed by atoms with E-state index in [1.54, 1.807) is 12.1 Å². The molecule has 0 amide bonds. The van der Waals surface area contributed by atoms with Gasteiger partial charge in [0, 0.05) is 23.0 Å². The summed E-state index contributed by atoms with van der Waals surface area (Å²) in [5, 5.41) is 7.49. The molecule has 1 heterocycles. The third-order valence-corrected chi connectivity index (χ3v) is 3.27. The molecule has 0 fully saturated rings. The molecular weight excluding hydrogens is 307 g/mol. The van der Waals surface area contributed by atoms with E-state index in [0.717, 1.165) is 11.4 Å². The lowest BCUT2D eigenvalue weighted by atomic mass is 10.1. The molecule has 1 aromatic carbocycles. The van der Waals surface area contributed by atoms with Crippen molar-refractivity contribution in [1.82, 2.24) is 9.97 Å². The molecule has 6 heteroatoms. The first kappa shape index (κ1) is 15.9. The number of nitrogens with zero attached hydrogens (tertiary/aromatic N) is 2. The molecule has 2 aromatic rings. The summed E-state index contributed by atoms with van der Waals surface area (Å²) < 4.78 is 0. The summed E-state index contributed by atoms with van der Waals surface area (Å²) in [4.78, 5) is 8.84. The number of hydrogen-bond acceptors (Lipinski definition) is 4. The minimum atomic E-state index is -0.103. The first-order valence-electron chi connectivity index (χ1n) is 6.59. The molecule has 0 spiro atoms. The van der Waals surface area contributed by atoms with Gasteiger partial charge in [-0.1, -0.05) is 23.2 Å². The van der Waals surface area contributed by atoms with Crippen LogP contribution in [-0.2, 0) is 0 Å². The maximum Gasteiger partial charge on any atom is 0.225 e. The van der Waals surface area contributed by atoms with Crippen molar-refractivity contribution in [2.45, 2.75) is 33.2 Å². The Balaban J connectivity index is 2.25. The molecule has 2 N–H and O–H groups in total. The molecule has 0 atom stereocenters. The molecule has 4 nitrogen and oxygen atoms in total. The van der Waals surface area contributed by atoms with Gasteiger partial charge in [0.15, 0.2) is 0 Å². The van der Waals surface area contributed by atoms with Crippen LogP contribution in [0, 0.1) is 6.92 Å². The summed E-state index contributed by atoms with van der Waals surface area (Å²) in [7, 11) is 0. The fourth-order valence-electron chi connectivity index (χ4n) is 1.75. The standard InChI is InChI=1S/C15H18Cl2N4/c1-9-7-13(20-14(18-9)21-15(2,3)4)19-10-5-6-11(16)12(17)8-10/h5-8H,1-4H3,(H2,18,19,20,21). The Hall–Kier alpha value is -1.52. The molecule has 112 valence electrons. The van der Waals surface area contributed by atoms with Crippen LogP contribution in [0.15, 0.2) is 24.3 Å². The van der Waals surface area contributed by atoms with Crippen molar-refractivity contribution in [2.24, 2.45) is 0 Å². The molecule has 0 aliphatic heterocycles. The number of benzene rings is 1. The Labute approximate surface area is 134 Å². The lowest BCUT2D eigenvalue weighted by molar-refractivity contribution is 0.625. The van der Waals surface area contributed by atoms with Crippen LogP contribution in [0.2, 0.25) is 10.0 Å². The lowest BCUT2D eigenvalue weighted by Crippen LogP contribution is -2.27. The maximum atomic E-state index is 6.01. The molecule has 0 bridgehead atoms. The number of hydrogen-bond donors (Lipinski definition) is 2. The number of rotatable bonds is 3. The average Bonchev–Trinajstić information content (AvgIpc) is 2.31. The monoisotopic (exact) mass is 324 g/mol. The van der Waals surface area contributed by atoms with Crippen LogP contribution in [0.3, 0.4) is 0 Å². The Morgan fingerprint density at radius 2 is 1.71 bits per heavy atom. The number of anilines is 3. The van der Waals surface area contributed by atoms with Crippen LogP contribution in [0.4, 0.5) is 17.5 Å². The Morgan fingerprint density at radius 1 is 1.00 bits per heavy atom. The van der Waals surface area contributed by atoms with Crippen LogP contribution in [0.5, 0.6) is 0 Å². The molecule has 0 aliphatic carbocycles. The van der Waals surface area contributed by atoms with E-state index >= 15 is 0 Å². The SMILES string of the molecule is Cc1cc(Nc2ccc(Cl)c(Cl)c2)nc(NC(C)(C)C)n1. The summed E-state index contributed by atoms with van der Waals surface area (Å²) in [5.41, 5.74) is 1.60. The van der Waals surface area contributed by atoms with Crippen LogP contribution in [0.25, 0.3) is 0 Å². The number of halogens is 2. The molecule has 0 saturated heterocycles. The number of aromatic nitrogens is 2. The zero-order chi connectivity index (χ0) is 15.6. The summed E-state index contributed by atoms with van der Waals surface area (Å²) in [5.74, 6) is 1.29. The molecule has 0 saturated carbocycles. The predicted molar refractivity (Wildman–Crippen MR) is 89.9 cm³/mol. The highest BCUT2D eigenvalue weighted by molar-refractivity contribution is 6.42. The normalized spacial score (nSPS) is 11.3. The van der Waals surface area contributed by atoms with Gasteiger partial charge >= 0.3 is 0 Å². The Morgan fingerprint density at radius 3 is 2.33 bits per heavy atom. The molecule has 2 rings (SSSR count). The van der Waals surface area contributed by atoms with Gasteiger partial charge in [0.1, 0.15) is 5.82 Å². The van der Waals surface area contributed by atoms with Gasteiger partial charge in [-0.2, -0.15) is 4.98 Å². The maximum absolute atomic E-state index is 6.01. The van der Waals surface area contributed by atoms with Gasteiger partial charge in [0.05, 0.1) is 10.0 Å². The van der Waals surface area contributed by atoms with Gasteiger partial charge in [0.2, 0.25) is 5.95 Å². The molecule has 1 aromatic heterocycles. The smallest absolute Gasteiger partial charge is 0.225 e. The van der Waals surface area contributed by atoms with Crippen molar-refractivity contribution in [1.29, 1.82) is 0 Å². The van der Waals surface area contributed by atoms with Crippen molar-refractivity contribution < 1.29 is 0 Å². The van der Waals surface area contributed by atoms with Crippen LogP contribution in [0.1, 0.15) is 26.5 Å². The fraction of sp³-hybridized carbons (Fsp3) is 0.333. The highest BCUT2D eigenvalue weighted by Gasteiger charge is 2.12. The van der Waals surface area contributed by atoms with Crippen molar-refractivity contribution in [3.05, 3.63) is 40.0 Å². The molecule has 0 aliphatic rings. The van der Waals surface area contributed by atoms with E-state index in [4.69, 9.17) is 23.2 Å². The Bertz CT molecular complexity index is 651. The van der Waals surface area contributed by atoms with E-state index in [9.17, 15) is 0 Å². The van der Waals surface area contributed by atoms with Crippen molar-refractivity contribution in [3.63, 3.8) is 0 Å². The van der Waals surface area contributed by atoms with Crippen molar-refractivity contribution >= 4 is 40.7 Å². The van der Waals surface area contributed by atoms with Gasteiger partial charge in [-0.05, 0) is 45.9 Å². The van der Waals surface area contributed by atoms with Gasteiger partial charge in [-0.3, -0.25) is 0 Å². The largest absolute Gasteiger partial charge is 0.350 e. The zero-order valence-electron chi connectivity index (χ0n) is 12.5. The van der Waals surface area contributed by atoms with Crippen molar-refractivity contribution in [2.75, 3.05) is 10.6 Å². The molecule has 21 heavy (non-hydrogen) atoms. The van der Waals surface area contributed by atoms with E-state index in [2.05, 4.69) is 41.4 Å². The van der Waals surface area contributed by atoms with Gasteiger partial charge in [0.25, 0.3) is 0 Å². The molecular formula is C15H18Cl2N4. The second kappa shape index (κ2) is 6.08. The first-order valence-corrected chi connectivity index (χ1v) is 7.34. The van der Waals surface area contributed by atoms with Gasteiger partial charge in [-0.15, -0.1) is 0 Å². The summed E-state index contributed by atoms with van der Waals surface area (Å²) in [6.45, 7) is 8.11. The van der Waals surface area contributed by atoms with E-state index in [1.807, 2.05) is 19.1 Å². The summed E-state index contributed by atoms with van der Waals surface area (Å²) in [6.07, 6.45) is 0. The van der Waals surface area contributed by atoms with Crippen LogP contribution >= 0.6 is 23.2 Å². The number of nitrogens with one attached hydrogen (secondary N) is 2. The van der Waals surface area contributed by atoms with E-state index in [0.29, 0.717) is 21.8 Å². The second-order valence-corrected chi connectivity index (χ2v) is 6.66. The topological polar surface area (TPSA) is 49.8 Å². The van der Waals surface area contributed by atoms with Crippen LogP contribution in [-0.4, -0.2) is 15.5 Å². The highest BCUT2D eigenvalue weighted by atomic mass is 35.5. The number of aryl methyl sites for hydroxylation is 1.